The lowest BCUT2D eigenvalue weighted by Crippen LogP contribution is -2.14. The maximum atomic E-state index is 6.22. The highest BCUT2D eigenvalue weighted by Gasteiger charge is 2.07. The van der Waals surface area contributed by atoms with Crippen LogP contribution in [0.2, 0.25) is 5.02 Å². The molecule has 0 aliphatic rings. The van der Waals surface area contributed by atoms with Gasteiger partial charge in [0, 0.05) is 18.9 Å². The van der Waals surface area contributed by atoms with E-state index < -0.39 is 0 Å². The molecule has 2 aromatic heterocycles. The number of halogens is 2. The van der Waals surface area contributed by atoms with E-state index in [1.807, 2.05) is 18.5 Å². The molecule has 96 valence electrons. The van der Waals surface area contributed by atoms with E-state index in [-0.39, 0.29) is 0 Å². The first-order chi connectivity index (χ1) is 8.70. The third kappa shape index (κ3) is 3.31. The van der Waals surface area contributed by atoms with Crippen molar-refractivity contribution in [3.63, 3.8) is 0 Å². The number of hydrogen-bond donors (Lipinski definition) is 1. The van der Waals surface area contributed by atoms with Crippen LogP contribution in [0.5, 0.6) is 0 Å². The molecule has 0 saturated carbocycles. The second kappa shape index (κ2) is 6.31. The van der Waals surface area contributed by atoms with Crippen molar-refractivity contribution in [3.8, 4) is 5.82 Å². The first-order valence-electron chi connectivity index (χ1n) is 5.76. The van der Waals surface area contributed by atoms with E-state index in [2.05, 4.69) is 38.3 Å². The molecule has 6 heteroatoms. The largest absolute Gasteiger partial charge is 0.313 e. The standard InChI is InChI=1S/C12H14BrClN4/c1-2-3-15-5-9-4-11(14)12(16-6-9)18-8-10(13)7-17-18/h4,6-8,15H,2-3,5H2,1H3. The average Bonchev–Trinajstić information content (AvgIpc) is 2.76. The minimum absolute atomic E-state index is 0.599. The van der Waals surface area contributed by atoms with Crippen LogP contribution in [-0.4, -0.2) is 21.3 Å². The second-order valence-electron chi connectivity index (χ2n) is 3.93. The zero-order valence-corrected chi connectivity index (χ0v) is 12.4. The van der Waals surface area contributed by atoms with Crippen LogP contribution in [0.15, 0.2) is 29.1 Å². The zero-order valence-electron chi connectivity index (χ0n) is 10.0. The molecule has 0 fully saturated rings. The fourth-order valence-electron chi connectivity index (χ4n) is 1.56. The molecule has 0 aliphatic heterocycles. The van der Waals surface area contributed by atoms with Crippen LogP contribution in [0.1, 0.15) is 18.9 Å². The summed E-state index contributed by atoms with van der Waals surface area (Å²) in [6, 6.07) is 1.92. The molecule has 1 N–H and O–H groups in total. The molecule has 0 atom stereocenters. The summed E-state index contributed by atoms with van der Waals surface area (Å²) in [7, 11) is 0. The van der Waals surface area contributed by atoms with E-state index >= 15 is 0 Å². The lowest BCUT2D eigenvalue weighted by molar-refractivity contribution is 0.673. The van der Waals surface area contributed by atoms with Crippen molar-refractivity contribution < 1.29 is 0 Å². The van der Waals surface area contributed by atoms with E-state index in [0.717, 1.165) is 29.5 Å². The normalized spacial score (nSPS) is 10.8. The van der Waals surface area contributed by atoms with Gasteiger partial charge in [0.15, 0.2) is 5.82 Å². The molecule has 0 saturated heterocycles. The molecule has 2 aromatic rings. The van der Waals surface area contributed by atoms with Crippen molar-refractivity contribution in [2.24, 2.45) is 0 Å². The van der Waals surface area contributed by atoms with Crippen molar-refractivity contribution >= 4 is 27.5 Å². The Labute approximate surface area is 119 Å². The van der Waals surface area contributed by atoms with Gasteiger partial charge in [0.2, 0.25) is 0 Å². The van der Waals surface area contributed by atoms with Crippen molar-refractivity contribution in [3.05, 3.63) is 39.7 Å². The monoisotopic (exact) mass is 328 g/mol. The Balaban J connectivity index is 2.15. The molecule has 18 heavy (non-hydrogen) atoms. The van der Waals surface area contributed by atoms with E-state index in [0.29, 0.717) is 10.8 Å². The van der Waals surface area contributed by atoms with Gasteiger partial charge < -0.3 is 5.32 Å². The van der Waals surface area contributed by atoms with E-state index in [4.69, 9.17) is 11.6 Å². The Morgan fingerprint density at radius 1 is 1.44 bits per heavy atom. The molecule has 0 aliphatic carbocycles. The first-order valence-corrected chi connectivity index (χ1v) is 6.93. The Morgan fingerprint density at radius 2 is 2.28 bits per heavy atom. The molecule has 0 aromatic carbocycles. The molecule has 2 heterocycles. The minimum atomic E-state index is 0.599. The van der Waals surface area contributed by atoms with Gasteiger partial charge >= 0.3 is 0 Å². The zero-order chi connectivity index (χ0) is 13.0. The lowest BCUT2D eigenvalue weighted by atomic mass is 10.2. The molecule has 0 unspecified atom stereocenters. The maximum absolute atomic E-state index is 6.22. The number of hydrogen-bond acceptors (Lipinski definition) is 3. The van der Waals surface area contributed by atoms with Crippen LogP contribution in [0.4, 0.5) is 0 Å². The van der Waals surface area contributed by atoms with E-state index in [9.17, 15) is 0 Å². The third-order valence-electron chi connectivity index (χ3n) is 2.40. The summed E-state index contributed by atoms with van der Waals surface area (Å²) >= 11 is 9.57. The number of nitrogens with one attached hydrogen (secondary N) is 1. The fraction of sp³-hybridized carbons (Fsp3) is 0.333. The van der Waals surface area contributed by atoms with Crippen molar-refractivity contribution in [2.75, 3.05) is 6.54 Å². The Hall–Kier alpha value is -0.910. The van der Waals surface area contributed by atoms with Crippen molar-refractivity contribution in [1.29, 1.82) is 0 Å². The van der Waals surface area contributed by atoms with Gasteiger partial charge in [-0.25, -0.2) is 9.67 Å². The Kier molecular flexibility index (Phi) is 4.74. The number of pyridine rings is 1. The van der Waals surface area contributed by atoms with Gasteiger partial charge in [-0.15, -0.1) is 0 Å². The van der Waals surface area contributed by atoms with Crippen molar-refractivity contribution in [1.82, 2.24) is 20.1 Å². The lowest BCUT2D eigenvalue weighted by Gasteiger charge is -2.07. The van der Waals surface area contributed by atoms with E-state index in [1.165, 1.54) is 0 Å². The average molecular weight is 330 g/mol. The molecule has 0 spiro atoms. The van der Waals surface area contributed by atoms with Gasteiger partial charge in [-0.05, 0) is 40.5 Å². The summed E-state index contributed by atoms with van der Waals surface area (Å²) in [6.07, 6.45) is 6.46. The van der Waals surface area contributed by atoms with Crippen LogP contribution >= 0.6 is 27.5 Å². The smallest absolute Gasteiger partial charge is 0.172 e. The fourth-order valence-corrected chi connectivity index (χ4v) is 2.12. The van der Waals surface area contributed by atoms with Crippen LogP contribution < -0.4 is 5.32 Å². The van der Waals surface area contributed by atoms with Gasteiger partial charge in [-0.3, -0.25) is 0 Å². The van der Waals surface area contributed by atoms with Crippen LogP contribution in [0.3, 0.4) is 0 Å². The molecular formula is C12H14BrClN4. The molecule has 0 amide bonds. The van der Waals surface area contributed by atoms with Gasteiger partial charge in [-0.2, -0.15) is 5.10 Å². The summed E-state index contributed by atoms with van der Waals surface area (Å²) in [5.74, 6) is 0.640. The predicted molar refractivity (Wildman–Crippen MR) is 76.1 cm³/mol. The van der Waals surface area contributed by atoms with Crippen LogP contribution in [0.25, 0.3) is 5.82 Å². The maximum Gasteiger partial charge on any atom is 0.172 e. The highest BCUT2D eigenvalue weighted by atomic mass is 79.9. The summed E-state index contributed by atoms with van der Waals surface area (Å²) in [6.45, 7) is 3.91. The Morgan fingerprint density at radius 3 is 2.89 bits per heavy atom. The highest BCUT2D eigenvalue weighted by Crippen LogP contribution is 2.20. The minimum Gasteiger partial charge on any atom is -0.313 e. The SMILES string of the molecule is CCCNCc1cnc(-n2cc(Br)cn2)c(Cl)c1. The number of rotatable bonds is 5. The molecule has 0 bridgehead atoms. The van der Waals surface area contributed by atoms with Gasteiger partial charge in [0.05, 0.1) is 15.7 Å². The number of aromatic nitrogens is 3. The van der Waals surface area contributed by atoms with Gasteiger partial charge in [0.25, 0.3) is 0 Å². The topological polar surface area (TPSA) is 42.7 Å². The molecule has 4 nitrogen and oxygen atoms in total. The van der Waals surface area contributed by atoms with Gasteiger partial charge in [-0.1, -0.05) is 18.5 Å². The predicted octanol–water partition coefficient (Wildman–Crippen LogP) is 3.18. The summed E-state index contributed by atoms with van der Waals surface area (Å²) in [4.78, 5) is 4.35. The van der Waals surface area contributed by atoms with Crippen molar-refractivity contribution in [2.45, 2.75) is 19.9 Å². The van der Waals surface area contributed by atoms with E-state index in [1.54, 1.807) is 10.9 Å². The Bertz CT molecular complexity index is 527. The number of nitrogens with zero attached hydrogens (tertiary/aromatic N) is 3. The molecular weight excluding hydrogens is 316 g/mol. The summed E-state index contributed by atoms with van der Waals surface area (Å²) < 4.78 is 2.55. The third-order valence-corrected chi connectivity index (χ3v) is 3.09. The van der Waals surface area contributed by atoms with Gasteiger partial charge in [0.1, 0.15) is 0 Å². The summed E-state index contributed by atoms with van der Waals surface area (Å²) in [5, 5.41) is 8.07. The molecule has 2 rings (SSSR count). The van der Waals surface area contributed by atoms with Crippen LogP contribution in [0, 0.1) is 0 Å². The molecule has 0 radical (unpaired) electrons. The quantitative estimate of drug-likeness (QED) is 0.857. The second-order valence-corrected chi connectivity index (χ2v) is 5.25. The highest BCUT2D eigenvalue weighted by molar-refractivity contribution is 9.10. The first kappa shape index (κ1) is 13.5. The summed E-state index contributed by atoms with van der Waals surface area (Å²) in [5.41, 5.74) is 1.07. The van der Waals surface area contributed by atoms with Crippen LogP contribution in [-0.2, 0) is 6.54 Å².